The first-order valence-corrected chi connectivity index (χ1v) is 9.76. The molecule has 2 aromatic rings. The molecule has 1 N–H and O–H groups in total. The summed E-state index contributed by atoms with van der Waals surface area (Å²) in [5.41, 5.74) is 3.70. The van der Waals surface area contributed by atoms with Crippen molar-refractivity contribution >= 4 is 34.7 Å². The second kappa shape index (κ2) is 10.7. The smallest absolute Gasteiger partial charge is 0.271 e. The largest absolute Gasteiger partial charge is 0.493 e. The summed E-state index contributed by atoms with van der Waals surface area (Å²) in [5.74, 6) is 2.02. The number of nitrogens with one attached hydrogen (secondary N) is 1. The van der Waals surface area contributed by atoms with Crippen molar-refractivity contribution in [1.29, 1.82) is 0 Å². The van der Waals surface area contributed by atoms with E-state index in [1.165, 1.54) is 0 Å². The van der Waals surface area contributed by atoms with Crippen molar-refractivity contribution in [1.82, 2.24) is 5.43 Å². The van der Waals surface area contributed by atoms with Gasteiger partial charge in [0.05, 0.1) is 37.2 Å². The highest BCUT2D eigenvalue weighted by Crippen LogP contribution is 2.33. The Balaban J connectivity index is 2.13. The van der Waals surface area contributed by atoms with Gasteiger partial charge in [0.25, 0.3) is 5.91 Å². The lowest BCUT2D eigenvalue weighted by Gasteiger charge is -2.12. The second-order valence-electron chi connectivity index (χ2n) is 5.46. The van der Waals surface area contributed by atoms with Gasteiger partial charge in [-0.05, 0) is 72.3 Å². The van der Waals surface area contributed by atoms with Gasteiger partial charge in [-0.15, -0.1) is 0 Å². The number of methoxy groups -OCH3 is 2. The van der Waals surface area contributed by atoms with E-state index in [1.807, 2.05) is 19.9 Å². The number of hydrogen-bond donors (Lipinski definition) is 1. The van der Waals surface area contributed by atoms with Crippen molar-refractivity contribution in [3.63, 3.8) is 0 Å². The summed E-state index contributed by atoms with van der Waals surface area (Å²) in [6.45, 7) is 4.79. The van der Waals surface area contributed by atoms with Gasteiger partial charge in [-0.1, -0.05) is 0 Å². The van der Waals surface area contributed by atoms with Gasteiger partial charge in [0.15, 0.2) is 23.0 Å². The highest BCUT2D eigenvalue weighted by atomic mass is 127. The molecule has 7 nitrogen and oxygen atoms in total. The van der Waals surface area contributed by atoms with Gasteiger partial charge in [0.1, 0.15) is 0 Å². The molecule has 2 rings (SSSR count). The van der Waals surface area contributed by atoms with Gasteiger partial charge in [-0.3, -0.25) is 4.79 Å². The van der Waals surface area contributed by atoms with Gasteiger partial charge < -0.3 is 18.9 Å². The van der Waals surface area contributed by atoms with E-state index in [-0.39, 0.29) is 5.91 Å². The van der Waals surface area contributed by atoms with E-state index in [9.17, 15) is 4.79 Å². The lowest BCUT2D eigenvalue weighted by molar-refractivity contribution is 0.0954. The van der Waals surface area contributed by atoms with Crippen LogP contribution in [0.2, 0.25) is 0 Å². The zero-order valence-corrected chi connectivity index (χ0v) is 18.4. The Bertz CT molecular complexity index is 855. The summed E-state index contributed by atoms with van der Waals surface area (Å²) in [7, 11) is 3.13. The standard InChI is InChI=1S/C20H23IN2O5/c1-5-27-17-11-14(7-8-16(17)25-3)20(24)23-22-12-13-9-15(21)19(28-6-2)18(10-13)26-4/h7-12H,5-6H2,1-4H3,(H,23,24)/b22-12+. The molecule has 28 heavy (non-hydrogen) atoms. The predicted octanol–water partition coefficient (Wildman–Crippen LogP) is 3.87. The molecule has 1 amide bonds. The first-order valence-electron chi connectivity index (χ1n) is 8.68. The number of nitrogens with zero attached hydrogens (tertiary/aromatic N) is 1. The summed E-state index contributed by atoms with van der Waals surface area (Å²) in [6.07, 6.45) is 1.55. The molecule has 0 atom stereocenters. The predicted molar refractivity (Wildman–Crippen MR) is 116 cm³/mol. The van der Waals surface area contributed by atoms with Crippen LogP contribution in [-0.2, 0) is 0 Å². The van der Waals surface area contributed by atoms with Crippen molar-refractivity contribution in [3.05, 3.63) is 45.0 Å². The lowest BCUT2D eigenvalue weighted by Crippen LogP contribution is -2.17. The molecule has 0 radical (unpaired) electrons. The maximum absolute atomic E-state index is 12.4. The second-order valence-corrected chi connectivity index (χ2v) is 6.63. The molecular formula is C20H23IN2O5. The number of halogens is 1. The Morgan fingerprint density at radius 3 is 2.39 bits per heavy atom. The lowest BCUT2D eigenvalue weighted by atomic mass is 10.2. The van der Waals surface area contributed by atoms with Crippen LogP contribution in [0.5, 0.6) is 23.0 Å². The molecule has 0 saturated carbocycles. The van der Waals surface area contributed by atoms with E-state index < -0.39 is 0 Å². The topological polar surface area (TPSA) is 78.4 Å². The van der Waals surface area contributed by atoms with Crippen molar-refractivity contribution in [2.24, 2.45) is 5.10 Å². The van der Waals surface area contributed by atoms with Gasteiger partial charge >= 0.3 is 0 Å². The zero-order valence-electron chi connectivity index (χ0n) is 16.2. The molecule has 0 aliphatic carbocycles. The van der Waals surface area contributed by atoms with Crippen LogP contribution in [-0.4, -0.2) is 39.6 Å². The van der Waals surface area contributed by atoms with Crippen LogP contribution in [0.15, 0.2) is 35.4 Å². The Labute approximate surface area is 178 Å². The van der Waals surface area contributed by atoms with E-state index in [0.29, 0.717) is 41.8 Å². The third-order valence-electron chi connectivity index (χ3n) is 3.65. The third kappa shape index (κ3) is 5.51. The summed E-state index contributed by atoms with van der Waals surface area (Å²) < 4.78 is 22.6. The number of carbonyl (C=O) groups excluding carboxylic acids is 1. The number of hydrazone groups is 1. The normalized spacial score (nSPS) is 10.6. The Morgan fingerprint density at radius 1 is 1.04 bits per heavy atom. The summed E-state index contributed by atoms with van der Waals surface area (Å²) in [4.78, 5) is 12.4. The molecule has 0 aromatic heterocycles. The minimum Gasteiger partial charge on any atom is -0.493 e. The highest BCUT2D eigenvalue weighted by Gasteiger charge is 2.12. The fraction of sp³-hybridized carbons (Fsp3) is 0.300. The van der Waals surface area contributed by atoms with Crippen LogP contribution in [0.25, 0.3) is 0 Å². The van der Waals surface area contributed by atoms with Crippen LogP contribution >= 0.6 is 22.6 Å². The molecule has 0 fully saturated rings. The summed E-state index contributed by atoms with van der Waals surface area (Å²) >= 11 is 2.17. The number of benzene rings is 2. The van der Waals surface area contributed by atoms with Crippen molar-refractivity contribution in [3.8, 4) is 23.0 Å². The number of hydrogen-bond acceptors (Lipinski definition) is 6. The third-order valence-corrected chi connectivity index (χ3v) is 4.45. The SMILES string of the molecule is CCOc1cc(C(=O)N/N=C/c2cc(I)c(OCC)c(OC)c2)ccc1OC. The van der Waals surface area contributed by atoms with Gasteiger partial charge in [-0.25, -0.2) is 5.43 Å². The van der Waals surface area contributed by atoms with E-state index in [2.05, 4.69) is 33.1 Å². The van der Waals surface area contributed by atoms with Crippen LogP contribution < -0.4 is 24.4 Å². The average Bonchev–Trinajstić information content (AvgIpc) is 2.69. The minimum atomic E-state index is -0.354. The van der Waals surface area contributed by atoms with Crippen molar-refractivity contribution < 1.29 is 23.7 Å². The van der Waals surface area contributed by atoms with Crippen LogP contribution in [0.4, 0.5) is 0 Å². The van der Waals surface area contributed by atoms with E-state index in [1.54, 1.807) is 44.7 Å². The molecular weight excluding hydrogens is 475 g/mol. The van der Waals surface area contributed by atoms with Crippen molar-refractivity contribution in [2.45, 2.75) is 13.8 Å². The molecule has 8 heteroatoms. The molecule has 0 aliphatic rings. The van der Waals surface area contributed by atoms with Gasteiger partial charge in [0.2, 0.25) is 0 Å². The highest BCUT2D eigenvalue weighted by molar-refractivity contribution is 14.1. The Kier molecular flexibility index (Phi) is 8.37. The number of ether oxygens (including phenoxy) is 4. The monoisotopic (exact) mass is 498 g/mol. The average molecular weight is 498 g/mol. The molecule has 0 heterocycles. The molecule has 0 saturated heterocycles. The fourth-order valence-corrected chi connectivity index (χ4v) is 3.20. The number of amides is 1. The van der Waals surface area contributed by atoms with Crippen LogP contribution in [0.1, 0.15) is 29.8 Å². The van der Waals surface area contributed by atoms with Crippen molar-refractivity contribution in [2.75, 3.05) is 27.4 Å². The van der Waals surface area contributed by atoms with Gasteiger partial charge in [-0.2, -0.15) is 5.10 Å². The first-order chi connectivity index (χ1) is 13.5. The molecule has 0 unspecified atom stereocenters. The quantitative estimate of drug-likeness (QED) is 0.323. The first kappa shape index (κ1) is 21.8. The molecule has 150 valence electrons. The molecule has 0 aliphatic heterocycles. The fourth-order valence-electron chi connectivity index (χ4n) is 2.41. The van der Waals surface area contributed by atoms with Crippen LogP contribution in [0.3, 0.4) is 0 Å². The molecule has 0 spiro atoms. The van der Waals surface area contributed by atoms with E-state index >= 15 is 0 Å². The minimum absolute atomic E-state index is 0.354. The maximum atomic E-state index is 12.4. The van der Waals surface area contributed by atoms with E-state index in [0.717, 1.165) is 9.13 Å². The number of rotatable bonds is 9. The summed E-state index contributed by atoms with van der Waals surface area (Å²) in [5, 5.41) is 4.03. The molecule has 2 aromatic carbocycles. The molecule has 0 bridgehead atoms. The van der Waals surface area contributed by atoms with Gasteiger partial charge in [0, 0.05) is 5.56 Å². The van der Waals surface area contributed by atoms with E-state index in [4.69, 9.17) is 18.9 Å². The Morgan fingerprint density at radius 2 is 1.75 bits per heavy atom. The summed E-state index contributed by atoms with van der Waals surface area (Å²) in [6, 6.07) is 8.64. The van der Waals surface area contributed by atoms with Crippen LogP contribution in [0, 0.1) is 3.57 Å². The zero-order chi connectivity index (χ0) is 20.5. The number of carbonyl (C=O) groups is 1. The Hall–Kier alpha value is -2.49. The maximum Gasteiger partial charge on any atom is 0.271 e.